The highest BCUT2D eigenvalue weighted by Gasteiger charge is 2.41. The van der Waals surface area contributed by atoms with Gasteiger partial charge in [-0.05, 0) is 42.4 Å². The van der Waals surface area contributed by atoms with Crippen molar-refractivity contribution >= 4 is 41.6 Å². The minimum atomic E-state index is -0.0372. The number of fused-ring (bicyclic) bond motifs is 2. The summed E-state index contributed by atoms with van der Waals surface area (Å²) in [6.07, 6.45) is 2.28. The number of nitrogens with zero attached hydrogens (tertiary/aromatic N) is 1. The molecule has 1 aliphatic carbocycles. The van der Waals surface area contributed by atoms with Crippen LogP contribution in [0.5, 0.6) is 0 Å². The Morgan fingerprint density at radius 2 is 1.91 bits per heavy atom. The Hall–Kier alpha value is -0.680. The quantitative estimate of drug-likeness (QED) is 0.846. The molecule has 3 rings (SSSR count). The van der Waals surface area contributed by atoms with Crippen molar-refractivity contribution in [2.24, 2.45) is 17.6 Å². The van der Waals surface area contributed by atoms with E-state index >= 15 is 0 Å². The van der Waals surface area contributed by atoms with E-state index in [0.717, 1.165) is 31.5 Å². The molecule has 1 saturated heterocycles. The van der Waals surface area contributed by atoms with Gasteiger partial charge in [-0.15, -0.1) is 12.4 Å². The molecule has 1 aromatic carbocycles. The van der Waals surface area contributed by atoms with Gasteiger partial charge in [-0.2, -0.15) is 0 Å². The van der Waals surface area contributed by atoms with Crippen LogP contribution in [0, 0.1) is 11.8 Å². The lowest BCUT2D eigenvalue weighted by molar-refractivity contribution is 0.150. The minimum absolute atomic E-state index is 0. The van der Waals surface area contributed by atoms with Gasteiger partial charge in [-0.1, -0.05) is 29.3 Å². The van der Waals surface area contributed by atoms with Crippen LogP contribution in [0.25, 0.3) is 0 Å². The molecule has 1 aromatic rings. The molecule has 7 heteroatoms. The second kappa shape index (κ2) is 7.26. The van der Waals surface area contributed by atoms with Gasteiger partial charge in [0.15, 0.2) is 0 Å². The number of urea groups is 1. The fourth-order valence-electron chi connectivity index (χ4n) is 3.38. The number of likely N-dealkylation sites (tertiary alicyclic amines) is 1. The van der Waals surface area contributed by atoms with Crippen LogP contribution in [-0.4, -0.2) is 30.1 Å². The Kier molecular flexibility index (Phi) is 5.83. The second-order valence-electron chi connectivity index (χ2n) is 5.97. The minimum Gasteiger partial charge on any atom is -0.334 e. The largest absolute Gasteiger partial charge is 0.334 e. The average Bonchev–Trinajstić information content (AvgIpc) is 2.67. The summed E-state index contributed by atoms with van der Waals surface area (Å²) < 4.78 is 0. The van der Waals surface area contributed by atoms with Crippen molar-refractivity contribution < 1.29 is 4.79 Å². The molecule has 1 aliphatic heterocycles. The number of carbonyl (C=O) groups excluding carboxylic acids is 1. The lowest BCUT2D eigenvalue weighted by Gasteiger charge is -2.36. The molecule has 0 spiro atoms. The molecule has 3 N–H and O–H groups in total. The van der Waals surface area contributed by atoms with Crippen LogP contribution < -0.4 is 11.1 Å². The molecule has 4 nitrogen and oxygen atoms in total. The van der Waals surface area contributed by atoms with Crippen LogP contribution in [0.3, 0.4) is 0 Å². The van der Waals surface area contributed by atoms with Crippen molar-refractivity contribution in [2.45, 2.75) is 25.4 Å². The number of benzene rings is 1. The van der Waals surface area contributed by atoms with Gasteiger partial charge < -0.3 is 16.0 Å². The highest BCUT2D eigenvalue weighted by molar-refractivity contribution is 6.35. The fraction of sp³-hybridized carbons (Fsp3) is 0.533. The fourth-order valence-corrected chi connectivity index (χ4v) is 3.85. The van der Waals surface area contributed by atoms with Crippen molar-refractivity contribution in [1.29, 1.82) is 0 Å². The van der Waals surface area contributed by atoms with Crippen LogP contribution >= 0.6 is 35.6 Å². The molecule has 2 amide bonds. The molecule has 2 aliphatic rings. The summed E-state index contributed by atoms with van der Waals surface area (Å²) >= 11 is 12.0. The van der Waals surface area contributed by atoms with Crippen molar-refractivity contribution in [3.05, 3.63) is 33.8 Å². The third kappa shape index (κ3) is 3.62. The number of hydrogen-bond donors (Lipinski definition) is 2. The standard InChI is InChI=1S/C15H19Cl2N3O.ClH/c16-12-4-3-9(13(17)5-12)6-19-15(21)20-7-10-1-2-11(8-20)14(10)18;/h3-5,10-11,14H,1-2,6-8,18H2,(H,19,21);1H/t10-,11+,14?;. The zero-order chi connectivity index (χ0) is 15.0. The first kappa shape index (κ1) is 17.7. The van der Waals surface area contributed by atoms with E-state index in [4.69, 9.17) is 28.9 Å². The van der Waals surface area contributed by atoms with Gasteiger partial charge in [-0.25, -0.2) is 4.79 Å². The van der Waals surface area contributed by atoms with Gasteiger partial charge in [0.1, 0.15) is 0 Å². The summed E-state index contributed by atoms with van der Waals surface area (Å²) in [4.78, 5) is 14.2. The molecule has 2 bridgehead atoms. The van der Waals surface area contributed by atoms with E-state index < -0.39 is 0 Å². The van der Waals surface area contributed by atoms with Crippen LogP contribution in [-0.2, 0) is 6.54 Å². The monoisotopic (exact) mass is 363 g/mol. The number of halogens is 3. The highest BCUT2D eigenvalue weighted by atomic mass is 35.5. The van der Waals surface area contributed by atoms with E-state index in [1.54, 1.807) is 12.1 Å². The number of rotatable bonds is 2. The smallest absolute Gasteiger partial charge is 0.317 e. The average molecular weight is 365 g/mol. The molecule has 1 saturated carbocycles. The van der Waals surface area contributed by atoms with Crippen molar-refractivity contribution in [1.82, 2.24) is 10.2 Å². The predicted octanol–water partition coefficient (Wildman–Crippen LogP) is 3.29. The summed E-state index contributed by atoms with van der Waals surface area (Å²) in [5.41, 5.74) is 7.02. The number of hydrogen-bond acceptors (Lipinski definition) is 2. The van der Waals surface area contributed by atoms with Crippen LogP contribution in [0.15, 0.2) is 18.2 Å². The first-order valence-corrected chi connectivity index (χ1v) is 8.02. The number of carbonyl (C=O) groups is 1. The zero-order valence-corrected chi connectivity index (χ0v) is 14.4. The van der Waals surface area contributed by atoms with Gasteiger partial charge in [0, 0.05) is 35.7 Å². The SMILES string of the molecule is Cl.NC1[C@@H]2CC[C@H]1CN(C(=O)NCc1ccc(Cl)cc1Cl)C2. The first-order valence-electron chi connectivity index (χ1n) is 7.27. The molecular formula is C15H20Cl3N3O. The van der Waals surface area contributed by atoms with Crippen molar-refractivity contribution in [3.63, 3.8) is 0 Å². The summed E-state index contributed by atoms with van der Waals surface area (Å²) in [6.45, 7) is 1.93. The summed E-state index contributed by atoms with van der Waals surface area (Å²) in [7, 11) is 0. The van der Waals surface area contributed by atoms with Gasteiger partial charge in [0.05, 0.1) is 0 Å². The van der Waals surface area contributed by atoms with E-state index in [1.165, 1.54) is 0 Å². The lowest BCUT2D eigenvalue weighted by atomic mass is 9.93. The number of nitrogens with one attached hydrogen (secondary N) is 1. The third-order valence-corrected chi connectivity index (χ3v) is 5.23. The van der Waals surface area contributed by atoms with E-state index in [9.17, 15) is 4.79 Å². The molecule has 22 heavy (non-hydrogen) atoms. The zero-order valence-electron chi connectivity index (χ0n) is 12.1. The first-order chi connectivity index (χ1) is 10.0. The Bertz CT molecular complexity index is 541. The van der Waals surface area contributed by atoms with E-state index in [-0.39, 0.29) is 24.5 Å². The number of amides is 2. The van der Waals surface area contributed by atoms with Crippen molar-refractivity contribution in [3.8, 4) is 0 Å². The maximum Gasteiger partial charge on any atom is 0.317 e. The lowest BCUT2D eigenvalue weighted by Crippen LogP contribution is -2.53. The Morgan fingerprint density at radius 1 is 1.27 bits per heavy atom. The van der Waals surface area contributed by atoms with E-state index in [2.05, 4.69) is 5.32 Å². The van der Waals surface area contributed by atoms with E-state index in [1.807, 2.05) is 11.0 Å². The highest BCUT2D eigenvalue weighted by Crippen LogP contribution is 2.35. The predicted molar refractivity (Wildman–Crippen MR) is 91.7 cm³/mol. The molecular weight excluding hydrogens is 345 g/mol. The molecule has 122 valence electrons. The van der Waals surface area contributed by atoms with Crippen LogP contribution in [0.4, 0.5) is 4.79 Å². The maximum absolute atomic E-state index is 12.3. The van der Waals surface area contributed by atoms with E-state index in [0.29, 0.717) is 28.4 Å². The van der Waals surface area contributed by atoms with Crippen LogP contribution in [0.2, 0.25) is 10.0 Å². The Morgan fingerprint density at radius 3 is 2.50 bits per heavy atom. The Labute approximate surface area is 146 Å². The van der Waals surface area contributed by atoms with Gasteiger partial charge in [-0.3, -0.25) is 0 Å². The molecule has 3 atom stereocenters. The normalized spacial score (nSPS) is 26.5. The second-order valence-corrected chi connectivity index (χ2v) is 6.82. The molecule has 2 fully saturated rings. The Balaban J connectivity index is 0.00000176. The summed E-state index contributed by atoms with van der Waals surface area (Å²) in [5, 5.41) is 4.10. The molecule has 1 unspecified atom stereocenters. The molecule has 0 aromatic heterocycles. The van der Waals surface area contributed by atoms with Crippen LogP contribution in [0.1, 0.15) is 18.4 Å². The van der Waals surface area contributed by atoms with Gasteiger partial charge >= 0.3 is 6.03 Å². The molecule has 1 heterocycles. The van der Waals surface area contributed by atoms with Gasteiger partial charge in [0.25, 0.3) is 0 Å². The topological polar surface area (TPSA) is 58.4 Å². The number of nitrogens with two attached hydrogens (primary N) is 1. The number of piperidine rings is 1. The molecule has 0 radical (unpaired) electrons. The third-order valence-electron chi connectivity index (χ3n) is 4.64. The summed E-state index contributed by atoms with van der Waals surface area (Å²) in [6, 6.07) is 5.52. The van der Waals surface area contributed by atoms with Crippen molar-refractivity contribution in [2.75, 3.05) is 13.1 Å². The maximum atomic E-state index is 12.3. The summed E-state index contributed by atoms with van der Waals surface area (Å²) in [5.74, 6) is 0.905. The van der Waals surface area contributed by atoms with Gasteiger partial charge in [0.2, 0.25) is 0 Å².